The molecule has 0 saturated carbocycles. The Hall–Kier alpha value is -3.00. The summed E-state index contributed by atoms with van der Waals surface area (Å²) in [5.41, 5.74) is 2.05. The molecule has 0 unspecified atom stereocenters. The Morgan fingerprint density at radius 3 is 3.00 bits per heavy atom. The molecule has 1 aromatic carbocycles. The molecule has 134 valence electrons. The lowest BCUT2D eigenvalue weighted by molar-refractivity contribution is 0.0721. The number of benzene rings is 1. The topological polar surface area (TPSA) is 89.1 Å². The molecule has 8 heteroatoms. The number of carbonyl (C=O) groups is 1. The number of aliphatic hydroxyl groups is 1. The van der Waals surface area contributed by atoms with Crippen LogP contribution >= 0.6 is 0 Å². The number of amides is 1. The van der Waals surface area contributed by atoms with Crippen LogP contribution in [0.1, 0.15) is 28.9 Å². The van der Waals surface area contributed by atoms with E-state index in [-0.39, 0.29) is 18.6 Å². The molecule has 3 heterocycles. The maximum Gasteiger partial charge on any atom is 0.254 e. The van der Waals surface area contributed by atoms with E-state index >= 15 is 0 Å². The molecule has 4 rings (SSSR count). The molecule has 1 saturated heterocycles. The Morgan fingerprint density at radius 2 is 2.23 bits per heavy atom. The van der Waals surface area contributed by atoms with E-state index in [9.17, 15) is 4.79 Å². The van der Waals surface area contributed by atoms with E-state index in [2.05, 4.69) is 15.4 Å². The minimum atomic E-state index is -0.131. The van der Waals surface area contributed by atoms with Crippen LogP contribution in [0.5, 0.6) is 0 Å². The predicted molar refractivity (Wildman–Crippen MR) is 93.6 cm³/mol. The van der Waals surface area contributed by atoms with Gasteiger partial charge in [0.2, 0.25) is 0 Å². The first-order valence-electron chi connectivity index (χ1n) is 8.65. The summed E-state index contributed by atoms with van der Waals surface area (Å²) >= 11 is 0. The lowest BCUT2D eigenvalue weighted by Crippen LogP contribution is -2.38. The van der Waals surface area contributed by atoms with E-state index in [1.54, 1.807) is 21.8 Å². The van der Waals surface area contributed by atoms with Gasteiger partial charge in [-0.1, -0.05) is 11.3 Å². The third kappa shape index (κ3) is 3.23. The van der Waals surface area contributed by atoms with Gasteiger partial charge in [0.15, 0.2) is 0 Å². The van der Waals surface area contributed by atoms with Crippen LogP contribution in [0.15, 0.2) is 48.9 Å². The first-order valence-corrected chi connectivity index (χ1v) is 8.65. The van der Waals surface area contributed by atoms with Crippen molar-refractivity contribution in [3.05, 3.63) is 60.2 Å². The Balaban J connectivity index is 1.52. The summed E-state index contributed by atoms with van der Waals surface area (Å²) in [6.07, 6.45) is 7.19. The van der Waals surface area contributed by atoms with Crippen LogP contribution in [-0.2, 0) is 13.2 Å². The number of hydrogen-bond acceptors (Lipinski definition) is 5. The van der Waals surface area contributed by atoms with Gasteiger partial charge >= 0.3 is 0 Å². The third-order valence-corrected chi connectivity index (χ3v) is 4.65. The zero-order valence-corrected chi connectivity index (χ0v) is 14.3. The molecule has 1 N–H and O–H groups in total. The fourth-order valence-electron chi connectivity index (χ4n) is 3.38. The van der Waals surface area contributed by atoms with Gasteiger partial charge in [0.25, 0.3) is 5.91 Å². The van der Waals surface area contributed by atoms with Crippen molar-refractivity contribution in [2.75, 3.05) is 6.54 Å². The highest BCUT2D eigenvalue weighted by molar-refractivity contribution is 5.95. The summed E-state index contributed by atoms with van der Waals surface area (Å²) in [6, 6.07) is 9.43. The van der Waals surface area contributed by atoms with Crippen molar-refractivity contribution >= 4 is 5.91 Å². The van der Waals surface area contributed by atoms with E-state index in [1.807, 2.05) is 41.4 Å². The van der Waals surface area contributed by atoms with Crippen molar-refractivity contribution in [3.63, 3.8) is 0 Å². The molecule has 1 aliphatic rings. The molecule has 0 radical (unpaired) electrons. The fourth-order valence-corrected chi connectivity index (χ4v) is 3.38. The van der Waals surface area contributed by atoms with Crippen LogP contribution in [0.2, 0.25) is 0 Å². The van der Waals surface area contributed by atoms with Crippen LogP contribution in [0, 0.1) is 0 Å². The van der Waals surface area contributed by atoms with Crippen LogP contribution in [0.4, 0.5) is 0 Å². The zero-order chi connectivity index (χ0) is 17.9. The van der Waals surface area contributed by atoms with Crippen LogP contribution < -0.4 is 0 Å². The van der Waals surface area contributed by atoms with E-state index < -0.39 is 0 Å². The summed E-state index contributed by atoms with van der Waals surface area (Å²) in [5.74, 6) is 0.0176. The second-order valence-corrected chi connectivity index (χ2v) is 6.39. The van der Waals surface area contributed by atoms with Gasteiger partial charge in [-0.15, -0.1) is 5.10 Å². The van der Waals surface area contributed by atoms with Crippen molar-refractivity contribution in [2.45, 2.75) is 32.0 Å². The van der Waals surface area contributed by atoms with E-state index in [4.69, 9.17) is 5.11 Å². The summed E-state index contributed by atoms with van der Waals surface area (Å²) in [5, 5.41) is 21.3. The number of carbonyl (C=O) groups excluding carboxylic acids is 1. The highest BCUT2D eigenvalue weighted by atomic mass is 16.3. The van der Waals surface area contributed by atoms with Crippen molar-refractivity contribution in [1.82, 2.24) is 29.7 Å². The van der Waals surface area contributed by atoms with Crippen LogP contribution in [-0.4, -0.2) is 53.3 Å². The Labute approximate surface area is 150 Å². The molecule has 1 atom stereocenters. The largest absolute Gasteiger partial charge is 0.390 e. The van der Waals surface area contributed by atoms with E-state index in [0.29, 0.717) is 17.8 Å². The maximum absolute atomic E-state index is 13.0. The molecular formula is C18H20N6O2. The lowest BCUT2D eigenvalue weighted by Gasteiger charge is -2.24. The van der Waals surface area contributed by atoms with Crippen molar-refractivity contribution in [3.8, 4) is 5.69 Å². The third-order valence-electron chi connectivity index (χ3n) is 4.65. The first-order chi connectivity index (χ1) is 12.7. The number of likely N-dealkylation sites (tertiary alicyclic amines) is 1. The fraction of sp³-hybridized carbons (Fsp3) is 0.333. The van der Waals surface area contributed by atoms with Crippen LogP contribution in [0.3, 0.4) is 0 Å². The first kappa shape index (κ1) is 16.5. The van der Waals surface area contributed by atoms with Crippen molar-refractivity contribution < 1.29 is 9.90 Å². The van der Waals surface area contributed by atoms with E-state index in [0.717, 1.165) is 25.1 Å². The molecule has 3 aromatic rings. The number of hydrogen-bond donors (Lipinski definition) is 1. The molecule has 0 bridgehead atoms. The summed E-state index contributed by atoms with van der Waals surface area (Å²) in [7, 11) is 0. The van der Waals surface area contributed by atoms with Crippen LogP contribution in [0.25, 0.3) is 5.69 Å². The molecule has 8 nitrogen and oxygen atoms in total. The number of aliphatic hydroxyl groups excluding tert-OH is 1. The molecule has 1 amide bonds. The molecule has 1 aliphatic heterocycles. The zero-order valence-electron chi connectivity index (χ0n) is 14.3. The van der Waals surface area contributed by atoms with Gasteiger partial charge in [0.1, 0.15) is 5.69 Å². The summed E-state index contributed by atoms with van der Waals surface area (Å²) in [4.78, 5) is 14.9. The molecule has 1 fully saturated rings. The Kier molecular flexibility index (Phi) is 4.49. The Bertz CT molecular complexity index is 889. The van der Waals surface area contributed by atoms with Gasteiger partial charge in [-0.2, -0.15) is 5.10 Å². The van der Waals surface area contributed by atoms with Gasteiger partial charge in [-0.05, 0) is 37.1 Å². The van der Waals surface area contributed by atoms with Gasteiger partial charge in [0.05, 0.1) is 31.1 Å². The monoisotopic (exact) mass is 352 g/mol. The van der Waals surface area contributed by atoms with Gasteiger partial charge in [-0.25, -0.2) is 4.68 Å². The number of aromatic nitrogens is 5. The van der Waals surface area contributed by atoms with E-state index in [1.165, 1.54) is 0 Å². The number of rotatable bonds is 5. The SMILES string of the molecule is O=C(c1cccc(-n2cccn2)c1)N1CCC[C@H]1Cn1cc(CO)nn1. The highest BCUT2D eigenvalue weighted by Crippen LogP contribution is 2.22. The maximum atomic E-state index is 13.0. The summed E-state index contributed by atoms with van der Waals surface area (Å²) < 4.78 is 3.44. The molecule has 0 aliphatic carbocycles. The Morgan fingerprint density at radius 1 is 1.31 bits per heavy atom. The minimum absolute atomic E-state index is 0.0176. The normalized spacial score (nSPS) is 17.0. The van der Waals surface area contributed by atoms with Gasteiger partial charge in [0, 0.05) is 24.5 Å². The average Bonchev–Trinajstić information content (AvgIpc) is 3.43. The molecule has 26 heavy (non-hydrogen) atoms. The molecule has 2 aromatic heterocycles. The molecule has 0 spiro atoms. The quantitative estimate of drug-likeness (QED) is 0.747. The number of nitrogens with zero attached hydrogens (tertiary/aromatic N) is 6. The highest BCUT2D eigenvalue weighted by Gasteiger charge is 2.30. The smallest absolute Gasteiger partial charge is 0.254 e. The second kappa shape index (κ2) is 7.09. The lowest BCUT2D eigenvalue weighted by atomic mass is 10.1. The molecular weight excluding hydrogens is 332 g/mol. The minimum Gasteiger partial charge on any atom is -0.390 e. The van der Waals surface area contributed by atoms with Gasteiger partial charge < -0.3 is 10.0 Å². The van der Waals surface area contributed by atoms with Crippen molar-refractivity contribution in [1.29, 1.82) is 0 Å². The standard InChI is InChI=1S/C18H20N6O2/c25-13-15-11-22(21-20-15)12-17-6-2-8-23(17)18(26)14-4-1-5-16(10-14)24-9-3-7-19-24/h1,3-5,7,9-11,17,25H,2,6,8,12-13H2/t17-/m0/s1. The average molecular weight is 352 g/mol. The summed E-state index contributed by atoms with van der Waals surface area (Å²) in [6.45, 7) is 1.18. The second-order valence-electron chi connectivity index (χ2n) is 6.39. The van der Waals surface area contributed by atoms with Gasteiger partial charge in [-0.3, -0.25) is 9.48 Å². The van der Waals surface area contributed by atoms with Crippen molar-refractivity contribution in [2.24, 2.45) is 0 Å². The predicted octanol–water partition coefficient (Wildman–Crippen LogP) is 1.26.